The van der Waals surface area contributed by atoms with Gasteiger partial charge in [-0.15, -0.1) is 0 Å². The number of rotatable bonds is 4. The lowest BCUT2D eigenvalue weighted by molar-refractivity contribution is -0.0195. The maximum absolute atomic E-state index is 5.66. The summed E-state index contributed by atoms with van der Waals surface area (Å²) in [5.41, 5.74) is 0. The molecule has 2 saturated heterocycles. The van der Waals surface area contributed by atoms with E-state index in [1.54, 1.807) is 0 Å². The summed E-state index contributed by atoms with van der Waals surface area (Å²) >= 11 is 0. The third kappa shape index (κ3) is 3.67. The van der Waals surface area contributed by atoms with Crippen LogP contribution in [0.5, 0.6) is 0 Å². The molecule has 0 amide bonds. The van der Waals surface area contributed by atoms with Crippen molar-refractivity contribution in [3.8, 4) is 0 Å². The summed E-state index contributed by atoms with van der Waals surface area (Å²) in [6, 6.07) is 1.18. The van der Waals surface area contributed by atoms with Crippen LogP contribution in [0, 0.1) is 5.92 Å². The van der Waals surface area contributed by atoms with Crippen molar-refractivity contribution in [2.45, 2.75) is 32.4 Å². The van der Waals surface area contributed by atoms with Gasteiger partial charge in [-0.05, 0) is 19.4 Å². The van der Waals surface area contributed by atoms with Crippen molar-refractivity contribution in [1.29, 1.82) is 0 Å². The first-order valence-electron chi connectivity index (χ1n) is 7.42. The lowest BCUT2D eigenvalue weighted by Crippen LogP contribution is -2.59. The van der Waals surface area contributed by atoms with Crippen LogP contribution in [0.2, 0.25) is 0 Å². The molecule has 2 heterocycles. The predicted octanol–water partition coefficient (Wildman–Crippen LogP) is 0.637. The second-order valence-corrected chi connectivity index (χ2v) is 6.06. The lowest BCUT2D eigenvalue weighted by Gasteiger charge is -2.44. The molecule has 2 fully saturated rings. The summed E-state index contributed by atoms with van der Waals surface area (Å²) in [6.45, 7) is 12.5. The monoisotopic (exact) mass is 255 g/mol. The maximum atomic E-state index is 5.66. The number of nitrogens with one attached hydrogen (secondary N) is 1. The Balaban J connectivity index is 1.81. The molecule has 18 heavy (non-hydrogen) atoms. The van der Waals surface area contributed by atoms with Gasteiger partial charge in [-0.2, -0.15) is 0 Å². The molecule has 0 spiro atoms. The Hall–Kier alpha value is -0.160. The van der Waals surface area contributed by atoms with Crippen molar-refractivity contribution in [2.75, 3.05) is 53.0 Å². The molecule has 2 aliphatic heterocycles. The maximum Gasteiger partial charge on any atom is 0.0637 e. The average molecular weight is 255 g/mol. The zero-order chi connectivity index (χ0) is 13.0. The third-order valence-corrected chi connectivity index (χ3v) is 4.20. The van der Waals surface area contributed by atoms with Crippen LogP contribution in [0.3, 0.4) is 0 Å². The van der Waals surface area contributed by atoms with Gasteiger partial charge in [0.2, 0.25) is 0 Å². The van der Waals surface area contributed by atoms with Crippen LogP contribution in [0.15, 0.2) is 0 Å². The number of ether oxygens (including phenoxy) is 1. The van der Waals surface area contributed by atoms with Gasteiger partial charge in [0.25, 0.3) is 0 Å². The minimum atomic E-state index is 0.574. The van der Waals surface area contributed by atoms with E-state index in [0.29, 0.717) is 12.1 Å². The van der Waals surface area contributed by atoms with Gasteiger partial charge in [0, 0.05) is 51.4 Å². The van der Waals surface area contributed by atoms with Crippen molar-refractivity contribution < 1.29 is 4.74 Å². The van der Waals surface area contributed by atoms with Crippen molar-refractivity contribution in [3.05, 3.63) is 0 Å². The van der Waals surface area contributed by atoms with Crippen LogP contribution < -0.4 is 5.32 Å². The molecule has 106 valence electrons. The Bertz CT molecular complexity index is 239. The van der Waals surface area contributed by atoms with E-state index in [1.807, 2.05) is 0 Å². The number of likely N-dealkylation sites (N-methyl/N-ethyl adjacent to an activating group) is 1. The highest BCUT2D eigenvalue weighted by Gasteiger charge is 2.31. The highest BCUT2D eigenvalue weighted by Crippen LogP contribution is 2.16. The van der Waals surface area contributed by atoms with Gasteiger partial charge in [0.1, 0.15) is 0 Å². The van der Waals surface area contributed by atoms with E-state index >= 15 is 0 Å². The van der Waals surface area contributed by atoms with Crippen molar-refractivity contribution in [3.63, 3.8) is 0 Å². The van der Waals surface area contributed by atoms with Gasteiger partial charge in [0.05, 0.1) is 6.61 Å². The molecule has 2 aliphatic rings. The third-order valence-electron chi connectivity index (χ3n) is 4.20. The molecule has 0 aromatic rings. The second-order valence-electron chi connectivity index (χ2n) is 6.06. The number of hydrogen-bond donors (Lipinski definition) is 1. The summed E-state index contributed by atoms with van der Waals surface area (Å²) in [5.74, 6) is 0.777. The molecule has 0 bridgehead atoms. The quantitative estimate of drug-likeness (QED) is 0.798. The van der Waals surface area contributed by atoms with E-state index in [4.69, 9.17) is 4.74 Å². The van der Waals surface area contributed by atoms with E-state index in [9.17, 15) is 0 Å². The molecule has 2 atom stereocenters. The molecule has 0 aromatic heterocycles. The first-order chi connectivity index (χ1) is 8.70. The Labute approximate surface area is 112 Å². The van der Waals surface area contributed by atoms with Crippen molar-refractivity contribution in [2.24, 2.45) is 5.92 Å². The molecule has 4 heteroatoms. The minimum Gasteiger partial charge on any atom is -0.380 e. The molecule has 2 unspecified atom stereocenters. The standard InChI is InChI=1S/C14H29N3O/c1-12(2)10-16-5-7-17(8-6-16)14-11-18-9-4-13(14)15-3/h12-15H,4-11H2,1-3H3. The number of nitrogens with zero attached hydrogens (tertiary/aromatic N) is 2. The van der Waals surface area contributed by atoms with Gasteiger partial charge >= 0.3 is 0 Å². The fourth-order valence-corrected chi connectivity index (χ4v) is 3.21. The Kier molecular flexibility index (Phi) is 5.42. The Morgan fingerprint density at radius 2 is 1.94 bits per heavy atom. The van der Waals surface area contributed by atoms with Gasteiger partial charge < -0.3 is 15.0 Å². The van der Waals surface area contributed by atoms with Crippen LogP contribution in [0.1, 0.15) is 20.3 Å². The van der Waals surface area contributed by atoms with Crippen molar-refractivity contribution in [1.82, 2.24) is 15.1 Å². The van der Waals surface area contributed by atoms with E-state index < -0.39 is 0 Å². The van der Waals surface area contributed by atoms with Crippen LogP contribution >= 0.6 is 0 Å². The van der Waals surface area contributed by atoms with Crippen LogP contribution in [0.25, 0.3) is 0 Å². The molecule has 4 nitrogen and oxygen atoms in total. The average Bonchev–Trinajstić information content (AvgIpc) is 2.39. The predicted molar refractivity (Wildman–Crippen MR) is 74.9 cm³/mol. The highest BCUT2D eigenvalue weighted by molar-refractivity contribution is 4.89. The van der Waals surface area contributed by atoms with E-state index in [-0.39, 0.29) is 0 Å². The fraction of sp³-hybridized carbons (Fsp3) is 1.00. The first kappa shape index (κ1) is 14.3. The molecule has 2 rings (SSSR count). The lowest BCUT2D eigenvalue weighted by atomic mass is 10.0. The molecule has 0 radical (unpaired) electrons. The highest BCUT2D eigenvalue weighted by atomic mass is 16.5. The van der Waals surface area contributed by atoms with Gasteiger partial charge in [0.15, 0.2) is 0 Å². The van der Waals surface area contributed by atoms with Crippen molar-refractivity contribution >= 4 is 0 Å². The van der Waals surface area contributed by atoms with E-state index in [2.05, 4.69) is 36.0 Å². The zero-order valence-corrected chi connectivity index (χ0v) is 12.2. The normalized spacial score (nSPS) is 32.0. The van der Waals surface area contributed by atoms with Crippen LogP contribution in [0.4, 0.5) is 0 Å². The largest absolute Gasteiger partial charge is 0.380 e. The number of hydrogen-bond acceptors (Lipinski definition) is 4. The number of piperazine rings is 1. The zero-order valence-electron chi connectivity index (χ0n) is 12.2. The second kappa shape index (κ2) is 6.85. The van der Waals surface area contributed by atoms with Gasteiger partial charge in [-0.3, -0.25) is 4.90 Å². The molecular weight excluding hydrogens is 226 g/mol. The Morgan fingerprint density at radius 3 is 2.56 bits per heavy atom. The summed E-state index contributed by atoms with van der Waals surface area (Å²) in [5, 5.41) is 3.46. The molecule has 0 aliphatic carbocycles. The first-order valence-corrected chi connectivity index (χ1v) is 7.42. The Morgan fingerprint density at radius 1 is 1.22 bits per heavy atom. The van der Waals surface area contributed by atoms with Gasteiger partial charge in [-0.1, -0.05) is 13.8 Å². The van der Waals surface area contributed by atoms with Gasteiger partial charge in [-0.25, -0.2) is 0 Å². The molecular formula is C14H29N3O. The van der Waals surface area contributed by atoms with E-state index in [0.717, 1.165) is 25.6 Å². The molecule has 0 saturated carbocycles. The summed E-state index contributed by atoms with van der Waals surface area (Å²) in [4.78, 5) is 5.22. The SMILES string of the molecule is CNC1CCOCC1N1CCN(CC(C)C)CC1. The summed E-state index contributed by atoms with van der Waals surface area (Å²) in [7, 11) is 2.08. The fourth-order valence-electron chi connectivity index (χ4n) is 3.21. The van der Waals surface area contributed by atoms with Crippen LogP contribution in [-0.4, -0.2) is 74.9 Å². The minimum absolute atomic E-state index is 0.574. The van der Waals surface area contributed by atoms with E-state index in [1.165, 1.54) is 32.7 Å². The topological polar surface area (TPSA) is 27.7 Å². The smallest absolute Gasteiger partial charge is 0.0637 e. The molecule has 1 N–H and O–H groups in total. The summed E-state index contributed by atoms with van der Waals surface area (Å²) in [6.07, 6.45) is 1.15. The summed E-state index contributed by atoms with van der Waals surface area (Å²) < 4.78 is 5.66. The molecule has 0 aromatic carbocycles. The van der Waals surface area contributed by atoms with Crippen LogP contribution in [-0.2, 0) is 4.74 Å².